The molecule has 2 aliphatic rings. The third-order valence-corrected chi connectivity index (χ3v) is 20.0. The fourth-order valence-corrected chi connectivity index (χ4v) is 14.1. The van der Waals surface area contributed by atoms with E-state index in [0.717, 1.165) is 160 Å². The minimum absolute atomic E-state index is 0. The number of fused-ring (bicyclic) bond motifs is 8. The van der Waals surface area contributed by atoms with Gasteiger partial charge in [0, 0.05) is 190 Å². The molecule has 0 fully saturated rings. The molecule has 9 aromatic heterocycles. The smallest absolute Gasteiger partial charge is 0.657 e. The maximum Gasteiger partial charge on any atom is 2.00 e. The number of aliphatic hydroxyl groups is 2. The van der Waals surface area contributed by atoms with Gasteiger partial charge in [0.25, 0.3) is 0 Å². The van der Waals surface area contributed by atoms with Crippen LogP contribution >= 0.6 is 0 Å². The summed E-state index contributed by atoms with van der Waals surface area (Å²) >= 11 is 0. The predicted molar refractivity (Wildman–Crippen MR) is 495 cm³/mol. The van der Waals surface area contributed by atoms with Crippen molar-refractivity contribution in [3.05, 3.63) is 407 Å². The van der Waals surface area contributed by atoms with Crippen molar-refractivity contribution in [2.24, 2.45) is 0 Å². The number of pyridine rings is 6. The number of hydrogen-bond acceptors (Lipinski definition) is 11. The van der Waals surface area contributed by atoms with Crippen molar-refractivity contribution < 1.29 is 172 Å². The van der Waals surface area contributed by atoms with Gasteiger partial charge in [0.15, 0.2) is 5.78 Å². The van der Waals surface area contributed by atoms with Crippen LogP contribution in [-0.2, 0) is 159 Å². The van der Waals surface area contributed by atoms with Crippen molar-refractivity contribution >= 4 is 50.1 Å². The SMILES string of the molecule is CC(=O)C=C(C)O.CCC1=C(CC)c2cc3[n-]c(cc4nc(cc5[n-]c(cc1n2)c(CC)c5CC)C(CC)=C4CC)c(CC)c3CC.Fc1c[c-]c(-c2ccccn2)c(F)c1.Fc1c[c-]c(-c2ccccn2)c(F)c1.Fc1c[c-]c(-c2ccccn2)cc1.Fc1c[c-]c(-c2ccccn2)cc1.Fc1c[c-]c(-c2ccccn2)cc1.OCc1ccnc(-c2[c-]cc(F)cc2)c1.[Ir].[Ir].[Ir].[Ir].[Ir].[Pt+2]. The van der Waals surface area contributed by atoms with E-state index in [2.05, 4.69) is 146 Å². The molecule has 0 spiro atoms. The number of carbonyl (C=O) groups is 1. The summed E-state index contributed by atoms with van der Waals surface area (Å²) in [5.41, 5.74) is 27.4. The molecule has 15 aromatic rings. The van der Waals surface area contributed by atoms with Crippen LogP contribution in [0.1, 0.15) is 146 Å². The Bertz CT molecular complexity index is 5960. The van der Waals surface area contributed by atoms with Crippen LogP contribution < -0.4 is 9.97 Å². The maximum atomic E-state index is 13.2. The topological polar surface area (TPSA) is 189 Å². The zero-order chi connectivity index (χ0) is 92.3. The number of aromatic nitrogens is 10. The summed E-state index contributed by atoms with van der Waals surface area (Å²) in [7, 11) is 0. The predicted octanol–water partition coefficient (Wildman–Crippen LogP) is 26.2. The molecule has 0 saturated carbocycles. The molecule has 2 N–H and O–H groups in total. The second-order valence-electron chi connectivity index (χ2n) is 28.7. The van der Waals surface area contributed by atoms with Crippen molar-refractivity contribution in [3.63, 3.8) is 0 Å². The molecule has 0 atom stereocenters. The van der Waals surface area contributed by atoms with Crippen LogP contribution in [0, 0.1) is 82.9 Å². The summed E-state index contributed by atoms with van der Waals surface area (Å²) < 4.78 is 102. The Morgan fingerprint density at radius 2 is 0.585 bits per heavy atom. The van der Waals surface area contributed by atoms with Gasteiger partial charge in [-0.15, -0.1) is 166 Å². The van der Waals surface area contributed by atoms with Gasteiger partial charge in [-0.25, -0.2) is 9.97 Å². The molecule has 6 aromatic carbocycles. The van der Waals surface area contributed by atoms with Crippen LogP contribution in [0.5, 0.6) is 0 Å². The van der Waals surface area contributed by atoms with Crippen LogP contribution in [0.15, 0.2) is 273 Å². The first-order chi connectivity index (χ1) is 62.5. The number of aliphatic hydroxyl groups excluding tert-OH is 2. The monoisotopic (exact) mass is 2890 g/mol. The molecule has 2 aliphatic heterocycles. The van der Waals surface area contributed by atoms with Crippen molar-refractivity contribution in [1.29, 1.82) is 0 Å². The standard InChI is InChI=1S/C36H44N4.C12H9FNO.2C11H6F2N.3C11H7FN.C5H8O2.5Ir.Pt/c1-9-21-22(10-2)30-18-32-25(13-5)26(14-6)34(39-32)20-36-28(16-8)27(15-7)35(40-36)19-33-24(12-4)23(11-3)31(38-33)17-29(21)37-30;13-11-3-1-10(2-4-11)12-7-9(8-15)5-6-14-12;2*12-8-4-5-9(10(13)7-8)11-3-1-2-6-14-11;3*12-10-6-4-9(5-7-10)11-3-1-2-8-13-11;1-4(6)3-5(2)7;;;;;;/h17-20H,9-16H2,1-8H3;1,3-7,15H,8H2;2*1-4,6-7H;3*1-4,6-8H;3,6H,1-2H3;;;;;;/q-2;6*-1;;;;;;;+2. The minimum Gasteiger partial charge on any atom is -0.657 e. The van der Waals surface area contributed by atoms with Crippen LogP contribution in [0.4, 0.5) is 35.1 Å². The third-order valence-electron chi connectivity index (χ3n) is 20.0. The summed E-state index contributed by atoms with van der Waals surface area (Å²) in [6, 6.07) is 76.9. The average molecular weight is 2890 g/mol. The van der Waals surface area contributed by atoms with Crippen LogP contribution in [0.3, 0.4) is 0 Å². The maximum absolute atomic E-state index is 13.2. The van der Waals surface area contributed by atoms with Gasteiger partial charge in [-0.05, 0) is 164 Å². The molecule has 8 bridgehead atoms. The first-order valence-electron chi connectivity index (χ1n) is 42.1. The Labute approximate surface area is 865 Å². The number of rotatable bonds is 16. The van der Waals surface area contributed by atoms with E-state index in [1.165, 1.54) is 113 Å². The molecule has 27 heteroatoms. The summed E-state index contributed by atoms with van der Waals surface area (Å²) in [6.07, 6.45) is 18.6. The van der Waals surface area contributed by atoms with Gasteiger partial charge in [0.1, 0.15) is 0 Å². The Morgan fingerprint density at radius 3 is 0.800 bits per heavy atom. The van der Waals surface area contributed by atoms with E-state index in [1.54, 1.807) is 110 Å². The fraction of sp³-hybridized carbons (Fsp3) is 0.176. The van der Waals surface area contributed by atoms with E-state index < -0.39 is 23.3 Å². The van der Waals surface area contributed by atoms with Gasteiger partial charge in [-0.3, -0.25) is 39.9 Å². The van der Waals surface area contributed by atoms with Gasteiger partial charge >= 0.3 is 21.1 Å². The van der Waals surface area contributed by atoms with Crippen molar-refractivity contribution in [2.45, 2.75) is 127 Å². The quantitative estimate of drug-likeness (QED) is 0.0403. The molecular formula is C108H94F8Ir5N10O3Pt-6. The number of aryl methyl sites for hydroxylation is 4. The molecule has 11 heterocycles. The van der Waals surface area contributed by atoms with Crippen LogP contribution in [-0.4, -0.2) is 55.9 Å². The Kier molecular flexibility index (Phi) is 51.9. The number of allylic oxidation sites excluding steroid dienone is 6. The van der Waals surface area contributed by atoms with E-state index in [1.807, 2.05) is 54.6 Å². The molecule has 135 heavy (non-hydrogen) atoms. The number of halogens is 8. The van der Waals surface area contributed by atoms with Crippen molar-refractivity contribution in [2.75, 3.05) is 0 Å². The summed E-state index contributed by atoms with van der Waals surface area (Å²) in [4.78, 5) is 55.4. The van der Waals surface area contributed by atoms with Crippen molar-refractivity contribution in [1.82, 2.24) is 49.8 Å². The number of hydrogen-bond donors (Lipinski definition) is 2. The minimum atomic E-state index is -0.649. The fourth-order valence-electron chi connectivity index (χ4n) is 14.1. The number of benzene rings is 6. The summed E-state index contributed by atoms with van der Waals surface area (Å²) in [6.45, 7) is 20.8. The molecule has 0 saturated heterocycles. The molecule has 0 aliphatic carbocycles. The Balaban J connectivity index is 0.000000341. The van der Waals surface area contributed by atoms with E-state index in [4.69, 9.17) is 30.1 Å². The average Bonchev–Trinajstić information content (AvgIpc) is 1.61. The Hall–Kier alpha value is -10.6. The second kappa shape index (κ2) is 60.1. The Morgan fingerprint density at radius 1 is 0.319 bits per heavy atom. The van der Waals surface area contributed by atoms with Gasteiger partial charge in [0.2, 0.25) is 0 Å². The van der Waals surface area contributed by atoms with Crippen molar-refractivity contribution in [3.8, 4) is 67.5 Å². The van der Waals surface area contributed by atoms with E-state index >= 15 is 0 Å². The normalized spacial score (nSPS) is 10.7. The zero-order valence-corrected chi connectivity index (χ0v) is 89.3. The van der Waals surface area contributed by atoms with Gasteiger partial charge in [-0.1, -0.05) is 192 Å². The van der Waals surface area contributed by atoms with E-state index in [9.17, 15) is 39.9 Å². The summed E-state index contributed by atoms with van der Waals surface area (Å²) in [5.74, 6) is -3.79. The molecule has 13 nitrogen and oxygen atoms in total. The largest absolute Gasteiger partial charge is 2.00 e. The van der Waals surface area contributed by atoms with Crippen LogP contribution in [0.25, 0.3) is 112 Å². The molecule has 17 rings (SSSR count). The number of nitrogens with zero attached hydrogens (tertiary/aromatic N) is 10. The zero-order valence-electron chi connectivity index (χ0n) is 75.0. The number of ketones is 1. The molecule has 711 valence electrons. The van der Waals surface area contributed by atoms with Gasteiger partial charge < -0.3 is 50.1 Å². The third kappa shape index (κ3) is 33.9. The van der Waals surface area contributed by atoms with E-state index in [-0.39, 0.29) is 174 Å². The summed E-state index contributed by atoms with van der Waals surface area (Å²) in [5, 5.41) is 17.3. The number of carbonyl (C=O) groups excluding carboxylic acids is 1. The van der Waals surface area contributed by atoms with Gasteiger partial charge in [-0.2, -0.15) is 0 Å². The molecule has 5 radical (unpaired) electrons. The molecule has 0 unspecified atom stereocenters. The second-order valence-corrected chi connectivity index (χ2v) is 28.7. The first-order valence-corrected chi connectivity index (χ1v) is 42.1. The first kappa shape index (κ1) is 117. The van der Waals surface area contributed by atoms with Crippen LogP contribution in [0.2, 0.25) is 0 Å². The van der Waals surface area contributed by atoms with Gasteiger partial charge in [0.05, 0.1) is 35.1 Å². The van der Waals surface area contributed by atoms with E-state index in [0.29, 0.717) is 22.6 Å². The molecular weight excluding hydrogens is 2790 g/mol. The molecule has 0 amide bonds.